The van der Waals surface area contributed by atoms with Crippen LogP contribution < -0.4 is 5.32 Å². The summed E-state index contributed by atoms with van der Waals surface area (Å²) < 4.78 is 4.87. The molecular weight excluding hydrogens is 314 g/mol. The van der Waals surface area contributed by atoms with Gasteiger partial charge < -0.3 is 10.1 Å². The van der Waals surface area contributed by atoms with Crippen LogP contribution in [0.3, 0.4) is 0 Å². The van der Waals surface area contributed by atoms with Crippen LogP contribution >= 0.6 is 0 Å². The molecule has 2 rings (SSSR count). The molecule has 0 aliphatic rings. The average molecular weight is 339 g/mol. The van der Waals surface area contributed by atoms with E-state index in [1.165, 1.54) is 7.11 Å². The lowest BCUT2D eigenvalue weighted by Gasteiger charge is -2.19. The summed E-state index contributed by atoms with van der Waals surface area (Å²) in [4.78, 5) is 24.9. The molecule has 25 heavy (non-hydrogen) atoms. The summed E-state index contributed by atoms with van der Waals surface area (Å²) in [5.41, 5.74) is 5.63. The largest absolute Gasteiger partial charge is 0.467 e. The second-order valence-corrected chi connectivity index (χ2v) is 6.51. The van der Waals surface area contributed by atoms with E-state index in [4.69, 9.17) is 4.74 Å². The van der Waals surface area contributed by atoms with Gasteiger partial charge in [-0.2, -0.15) is 0 Å². The fourth-order valence-electron chi connectivity index (χ4n) is 3.06. The van der Waals surface area contributed by atoms with Gasteiger partial charge >= 0.3 is 5.97 Å². The minimum absolute atomic E-state index is 0.252. The van der Waals surface area contributed by atoms with Crippen molar-refractivity contribution < 1.29 is 14.3 Å². The molecule has 0 radical (unpaired) electrons. The number of hydrogen-bond donors (Lipinski definition) is 1. The molecule has 1 amide bonds. The van der Waals surface area contributed by atoms with Gasteiger partial charge in [0, 0.05) is 12.0 Å². The summed E-state index contributed by atoms with van der Waals surface area (Å²) in [5, 5.41) is 2.83. The van der Waals surface area contributed by atoms with Crippen LogP contribution in [0.1, 0.15) is 38.2 Å². The first-order chi connectivity index (χ1) is 11.8. The van der Waals surface area contributed by atoms with Gasteiger partial charge in [-0.15, -0.1) is 0 Å². The number of amides is 1. The van der Waals surface area contributed by atoms with Gasteiger partial charge in [0.25, 0.3) is 5.91 Å². The number of hydrogen-bond acceptors (Lipinski definition) is 3. The zero-order valence-corrected chi connectivity index (χ0v) is 15.5. The first-order valence-corrected chi connectivity index (χ1v) is 8.34. The molecule has 132 valence electrons. The lowest BCUT2D eigenvalue weighted by molar-refractivity contribution is -0.142. The maximum absolute atomic E-state index is 12.8. The van der Waals surface area contributed by atoms with E-state index in [2.05, 4.69) is 5.32 Å². The van der Waals surface area contributed by atoms with Crippen molar-refractivity contribution in [1.29, 1.82) is 0 Å². The molecule has 0 spiro atoms. The molecule has 0 saturated heterocycles. The third-order valence-corrected chi connectivity index (χ3v) is 4.26. The van der Waals surface area contributed by atoms with Crippen molar-refractivity contribution in [3.8, 4) is 0 Å². The predicted octanol–water partition coefficient (Wildman–Crippen LogP) is 3.43. The molecule has 0 aliphatic carbocycles. The van der Waals surface area contributed by atoms with Crippen LogP contribution in [0, 0.1) is 27.7 Å². The number of ether oxygens (including phenoxy) is 1. The van der Waals surface area contributed by atoms with Crippen LogP contribution in [-0.2, 0) is 16.0 Å². The minimum atomic E-state index is -0.722. The molecule has 4 nitrogen and oxygen atoms in total. The molecule has 0 heterocycles. The van der Waals surface area contributed by atoms with E-state index in [0.717, 1.165) is 27.8 Å². The first-order valence-electron chi connectivity index (χ1n) is 8.34. The number of rotatable bonds is 5. The van der Waals surface area contributed by atoms with E-state index in [9.17, 15) is 9.59 Å². The maximum atomic E-state index is 12.8. The molecule has 2 aromatic carbocycles. The third-order valence-electron chi connectivity index (χ3n) is 4.26. The highest BCUT2D eigenvalue weighted by Crippen LogP contribution is 2.17. The van der Waals surface area contributed by atoms with E-state index in [1.807, 2.05) is 64.1 Å². The molecule has 0 aromatic heterocycles. The number of carbonyl (C=O) groups is 2. The molecule has 0 unspecified atom stereocenters. The second kappa shape index (κ2) is 7.97. The molecule has 1 atom stereocenters. The Labute approximate surface area is 149 Å². The topological polar surface area (TPSA) is 55.4 Å². The van der Waals surface area contributed by atoms with Gasteiger partial charge in [0.05, 0.1) is 7.11 Å². The summed E-state index contributed by atoms with van der Waals surface area (Å²) in [6, 6.07) is 11.1. The molecule has 1 N–H and O–H groups in total. The standard InChI is InChI=1S/C21H25NO3/c1-13-6-8-17(9-7-13)12-18(21(24)25-5)22-20(23)19-15(3)10-14(2)11-16(19)4/h6-11,18H,12H2,1-5H3,(H,22,23)/t18-/m0/s1. The summed E-state index contributed by atoms with van der Waals surface area (Å²) in [6.45, 7) is 7.81. The Morgan fingerprint density at radius 3 is 2.04 bits per heavy atom. The number of benzene rings is 2. The smallest absolute Gasteiger partial charge is 0.328 e. The third kappa shape index (κ3) is 4.69. The monoisotopic (exact) mass is 339 g/mol. The van der Waals surface area contributed by atoms with E-state index in [1.54, 1.807) is 0 Å². The van der Waals surface area contributed by atoms with E-state index < -0.39 is 12.0 Å². The number of carbonyl (C=O) groups excluding carboxylic acids is 2. The van der Waals surface area contributed by atoms with Gasteiger partial charge in [-0.25, -0.2) is 4.79 Å². The normalized spacial score (nSPS) is 11.7. The van der Waals surface area contributed by atoms with E-state index >= 15 is 0 Å². The Hall–Kier alpha value is -2.62. The lowest BCUT2D eigenvalue weighted by atomic mass is 9.98. The fourth-order valence-corrected chi connectivity index (χ4v) is 3.06. The van der Waals surface area contributed by atoms with Crippen molar-refractivity contribution in [2.45, 2.75) is 40.2 Å². The quantitative estimate of drug-likeness (QED) is 0.849. The summed E-state index contributed by atoms with van der Waals surface area (Å²) in [7, 11) is 1.33. The first kappa shape index (κ1) is 18.7. The van der Waals surface area contributed by atoms with Crippen LogP contribution in [0.2, 0.25) is 0 Å². The van der Waals surface area contributed by atoms with Crippen molar-refractivity contribution in [3.05, 3.63) is 69.8 Å². The van der Waals surface area contributed by atoms with Crippen molar-refractivity contribution in [1.82, 2.24) is 5.32 Å². The van der Waals surface area contributed by atoms with Gasteiger partial charge in [-0.1, -0.05) is 47.5 Å². The van der Waals surface area contributed by atoms with Gasteiger partial charge in [-0.3, -0.25) is 4.79 Å². The number of aryl methyl sites for hydroxylation is 4. The highest BCUT2D eigenvalue weighted by atomic mass is 16.5. The molecular formula is C21H25NO3. The number of methoxy groups -OCH3 is 1. The summed E-state index contributed by atoms with van der Waals surface area (Å²) >= 11 is 0. The number of esters is 1. The van der Waals surface area contributed by atoms with Gasteiger partial charge in [0.1, 0.15) is 6.04 Å². The second-order valence-electron chi connectivity index (χ2n) is 6.51. The SMILES string of the molecule is COC(=O)[C@H](Cc1ccc(C)cc1)NC(=O)c1c(C)cc(C)cc1C. The summed E-state index contributed by atoms with van der Waals surface area (Å²) in [5.74, 6) is -0.700. The Bertz CT molecular complexity index is 755. The highest BCUT2D eigenvalue weighted by molar-refractivity contribution is 5.99. The number of nitrogens with one attached hydrogen (secondary N) is 1. The van der Waals surface area contributed by atoms with Gasteiger partial charge in [-0.05, 0) is 44.4 Å². The average Bonchev–Trinajstić information content (AvgIpc) is 2.54. The molecule has 4 heteroatoms. The van der Waals surface area contributed by atoms with Crippen molar-refractivity contribution >= 4 is 11.9 Å². The molecule has 2 aromatic rings. The zero-order chi connectivity index (χ0) is 18.6. The molecule has 0 fully saturated rings. The van der Waals surface area contributed by atoms with Crippen molar-refractivity contribution in [2.24, 2.45) is 0 Å². The van der Waals surface area contributed by atoms with Crippen LogP contribution in [0.25, 0.3) is 0 Å². The molecule has 0 aliphatic heterocycles. The predicted molar refractivity (Wildman–Crippen MR) is 98.8 cm³/mol. The maximum Gasteiger partial charge on any atom is 0.328 e. The van der Waals surface area contributed by atoms with Crippen molar-refractivity contribution in [2.75, 3.05) is 7.11 Å². The van der Waals surface area contributed by atoms with Crippen LogP contribution in [0.15, 0.2) is 36.4 Å². The van der Waals surface area contributed by atoms with Gasteiger partial charge in [0.15, 0.2) is 0 Å². The van der Waals surface area contributed by atoms with Crippen LogP contribution in [0.5, 0.6) is 0 Å². The highest BCUT2D eigenvalue weighted by Gasteiger charge is 2.24. The minimum Gasteiger partial charge on any atom is -0.467 e. The Kier molecular flexibility index (Phi) is 5.97. The Balaban J connectivity index is 2.23. The van der Waals surface area contributed by atoms with Crippen LogP contribution in [-0.4, -0.2) is 25.0 Å². The van der Waals surface area contributed by atoms with Gasteiger partial charge in [0.2, 0.25) is 0 Å². The lowest BCUT2D eigenvalue weighted by Crippen LogP contribution is -2.43. The van der Waals surface area contributed by atoms with Crippen molar-refractivity contribution in [3.63, 3.8) is 0 Å². The summed E-state index contributed by atoms with van der Waals surface area (Å²) in [6.07, 6.45) is 0.392. The van der Waals surface area contributed by atoms with E-state index in [-0.39, 0.29) is 5.91 Å². The molecule has 0 bridgehead atoms. The zero-order valence-electron chi connectivity index (χ0n) is 15.5. The Morgan fingerprint density at radius 1 is 0.960 bits per heavy atom. The van der Waals surface area contributed by atoms with Crippen LogP contribution in [0.4, 0.5) is 0 Å². The fraction of sp³-hybridized carbons (Fsp3) is 0.333. The molecule has 0 saturated carbocycles. The van der Waals surface area contributed by atoms with E-state index in [0.29, 0.717) is 12.0 Å². The Morgan fingerprint density at radius 2 is 1.52 bits per heavy atom.